The van der Waals surface area contributed by atoms with Crippen LogP contribution in [0.25, 0.3) is 0 Å². The zero-order valence-corrected chi connectivity index (χ0v) is 29.6. The minimum atomic E-state index is 0.0133. The molecule has 0 spiro atoms. The Balaban J connectivity index is 1.33. The third kappa shape index (κ3) is 17.2. The van der Waals surface area contributed by atoms with E-state index in [1.54, 1.807) is 0 Å². The van der Waals surface area contributed by atoms with Crippen LogP contribution in [0, 0.1) is 17.3 Å². The van der Waals surface area contributed by atoms with Crippen LogP contribution in [0.5, 0.6) is 0 Å². The average Bonchev–Trinajstić information content (AvgIpc) is 3.49. The van der Waals surface area contributed by atoms with Crippen LogP contribution in [0.2, 0.25) is 0 Å². The molecule has 262 valence electrons. The fourth-order valence-corrected chi connectivity index (χ4v) is 7.57. The van der Waals surface area contributed by atoms with Crippen molar-refractivity contribution in [2.75, 3.05) is 32.7 Å². The van der Waals surface area contributed by atoms with Gasteiger partial charge in [0, 0.05) is 32.5 Å². The summed E-state index contributed by atoms with van der Waals surface area (Å²) in [6.07, 6.45) is 28.7. The van der Waals surface area contributed by atoms with Crippen LogP contribution in [0.15, 0.2) is 0 Å². The van der Waals surface area contributed by atoms with Crippen molar-refractivity contribution in [1.82, 2.24) is 15.5 Å². The van der Waals surface area contributed by atoms with Crippen LogP contribution in [0.4, 0.5) is 0 Å². The number of hydrogen-bond donors (Lipinski definition) is 3. The molecule has 2 unspecified atom stereocenters. The highest BCUT2D eigenvalue weighted by Crippen LogP contribution is 2.38. The summed E-state index contributed by atoms with van der Waals surface area (Å²) in [6.45, 7) is 8.05. The van der Waals surface area contributed by atoms with E-state index in [9.17, 15) is 14.4 Å². The van der Waals surface area contributed by atoms with Gasteiger partial charge in [-0.25, -0.2) is 0 Å². The van der Waals surface area contributed by atoms with Crippen molar-refractivity contribution in [3.8, 4) is 0 Å². The molecular weight excluding hydrogens is 560 g/mol. The van der Waals surface area contributed by atoms with Crippen molar-refractivity contribution in [3.05, 3.63) is 0 Å². The standard InChI is InChI=1S/C38H72N4O3/c1-3-5-16-26-38(32-39,25-4-2)27-17-13-15-22-35(43)40-28-18-12-10-8-6-7-9-11-14-23-36(44)41-30-37(45)42-29-24-34(31-42)33-20-19-21-33/h33-34H,3-32,39H2,1-2H3,(H,40,43)(H,41,44). The summed E-state index contributed by atoms with van der Waals surface area (Å²) in [6, 6.07) is 0. The number of amides is 3. The maximum Gasteiger partial charge on any atom is 0.241 e. The number of nitrogens with one attached hydrogen (secondary N) is 2. The molecule has 0 aromatic carbocycles. The molecule has 3 amide bonds. The smallest absolute Gasteiger partial charge is 0.241 e. The van der Waals surface area contributed by atoms with Gasteiger partial charge in [-0.1, -0.05) is 117 Å². The third-order valence-electron chi connectivity index (χ3n) is 10.9. The molecular formula is C38H72N4O3. The van der Waals surface area contributed by atoms with Gasteiger partial charge in [0.25, 0.3) is 0 Å². The van der Waals surface area contributed by atoms with Crippen molar-refractivity contribution < 1.29 is 14.4 Å². The van der Waals surface area contributed by atoms with Crippen LogP contribution in [-0.4, -0.2) is 55.3 Å². The van der Waals surface area contributed by atoms with Gasteiger partial charge in [0.15, 0.2) is 0 Å². The Morgan fingerprint density at radius 1 is 0.667 bits per heavy atom. The lowest BCUT2D eigenvalue weighted by Gasteiger charge is -2.33. The molecule has 0 aromatic rings. The second-order valence-corrected chi connectivity index (χ2v) is 14.6. The second kappa shape index (κ2) is 24.5. The van der Waals surface area contributed by atoms with E-state index in [2.05, 4.69) is 24.5 Å². The summed E-state index contributed by atoms with van der Waals surface area (Å²) < 4.78 is 0. The van der Waals surface area contributed by atoms with Crippen LogP contribution >= 0.6 is 0 Å². The number of likely N-dealkylation sites (tertiary alicyclic amines) is 1. The molecule has 1 heterocycles. The molecule has 0 aromatic heterocycles. The SMILES string of the molecule is CCCCCC(CN)(CCC)CCCCCC(=O)NCCCCCCCCCCCC(=O)NCC(=O)N1CCC(C2CCC2)C1. The summed E-state index contributed by atoms with van der Waals surface area (Å²) in [5.41, 5.74) is 6.55. The summed E-state index contributed by atoms with van der Waals surface area (Å²) >= 11 is 0. The Kier molecular flexibility index (Phi) is 21.6. The van der Waals surface area contributed by atoms with E-state index in [0.717, 1.165) is 70.6 Å². The summed E-state index contributed by atoms with van der Waals surface area (Å²) in [4.78, 5) is 38.8. The Hall–Kier alpha value is -1.63. The lowest BCUT2D eigenvalue weighted by molar-refractivity contribution is -0.132. The molecule has 0 radical (unpaired) electrons. The van der Waals surface area contributed by atoms with Crippen molar-refractivity contribution >= 4 is 17.7 Å². The lowest BCUT2D eigenvalue weighted by atomic mass is 9.74. The predicted octanol–water partition coefficient (Wildman–Crippen LogP) is 8.04. The third-order valence-corrected chi connectivity index (χ3v) is 10.9. The van der Waals surface area contributed by atoms with Crippen LogP contribution in [0.1, 0.15) is 174 Å². The fourth-order valence-electron chi connectivity index (χ4n) is 7.57. The molecule has 1 saturated heterocycles. The van der Waals surface area contributed by atoms with E-state index >= 15 is 0 Å². The van der Waals surface area contributed by atoms with Gasteiger partial charge in [0.2, 0.25) is 17.7 Å². The maximum atomic E-state index is 12.4. The lowest BCUT2D eigenvalue weighted by Crippen LogP contribution is -2.39. The van der Waals surface area contributed by atoms with Crippen LogP contribution < -0.4 is 16.4 Å². The minimum absolute atomic E-state index is 0.0133. The van der Waals surface area contributed by atoms with Gasteiger partial charge >= 0.3 is 0 Å². The van der Waals surface area contributed by atoms with Gasteiger partial charge in [0.1, 0.15) is 0 Å². The topological polar surface area (TPSA) is 105 Å². The molecule has 0 bridgehead atoms. The molecule has 7 nitrogen and oxygen atoms in total. The van der Waals surface area contributed by atoms with Crippen molar-refractivity contribution in [2.24, 2.45) is 23.0 Å². The van der Waals surface area contributed by atoms with Crippen molar-refractivity contribution in [3.63, 3.8) is 0 Å². The van der Waals surface area contributed by atoms with E-state index in [1.165, 1.54) is 109 Å². The van der Waals surface area contributed by atoms with Crippen molar-refractivity contribution in [1.29, 1.82) is 0 Å². The quantitative estimate of drug-likeness (QED) is 0.0759. The second-order valence-electron chi connectivity index (χ2n) is 14.6. The van der Waals surface area contributed by atoms with Crippen LogP contribution in [0.3, 0.4) is 0 Å². The highest BCUT2D eigenvalue weighted by Gasteiger charge is 2.34. The fraction of sp³-hybridized carbons (Fsp3) is 0.921. The van der Waals surface area contributed by atoms with E-state index in [0.29, 0.717) is 24.2 Å². The normalized spacial score (nSPS) is 18.0. The molecule has 45 heavy (non-hydrogen) atoms. The van der Waals surface area contributed by atoms with Crippen LogP contribution in [-0.2, 0) is 14.4 Å². The van der Waals surface area contributed by atoms with Gasteiger partial charge in [-0.15, -0.1) is 0 Å². The average molecular weight is 633 g/mol. The summed E-state index contributed by atoms with van der Waals surface area (Å²) in [7, 11) is 0. The van der Waals surface area contributed by atoms with Gasteiger partial charge in [0.05, 0.1) is 6.54 Å². The van der Waals surface area contributed by atoms with E-state index in [4.69, 9.17) is 5.73 Å². The molecule has 1 aliphatic heterocycles. The molecule has 2 fully saturated rings. The molecule has 2 atom stereocenters. The van der Waals surface area contributed by atoms with Gasteiger partial charge in [-0.2, -0.15) is 0 Å². The highest BCUT2D eigenvalue weighted by atomic mass is 16.2. The minimum Gasteiger partial charge on any atom is -0.356 e. The first-order valence-electron chi connectivity index (χ1n) is 19.4. The number of nitrogens with zero attached hydrogens (tertiary/aromatic N) is 1. The number of rotatable bonds is 28. The van der Waals surface area contributed by atoms with E-state index < -0.39 is 0 Å². The molecule has 2 rings (SSSR count). The Morgan fingerprint density at radius 2 is 1.24 bits per heavy atom. The number of carbonyl (C=O) groups excluding carboxylic acids is 3. The van der Waals surface area contributed by atoms with Gasteiger partial charge < -0.3 is 21.3 Å². The zero-order chi connectivity index (χ0) is 32.6. The Labute approximate surface area is 277 Å². The number of nitrogens with two attached hydrogens (primary N) is 1. The van der Waals surface area contributed by atoms with Gasteiger partial charge in [-0.3, -0.25) is 14.4 Å². The van der Waals surface area contributed by atoms with E-state index in [-0.39, 0.29) is 24.3 Å². The molecule has 4 N–H and O–H groups in total. The summed E-state index contributed by atoms with van der Waals surface area (Å²) in [5, 5.41) is 5.96. The maximum absolute atomic E-state index is 12.4. The number of hydrogen-bond acceptors (Lipinski definition) is 4. The van der Waals surface area contributed by atoms with E-state index in [1.807, 2.05) is 4.90 Å². The molecule has 1 aliphatic carbocycles. The molecule has 1 saturated carbocycles. The number of carbonyl (C=O) groups is 3. The zero-order valence-electron chi connectivity index (χ0n) is 29.6. The Bertz CT molecular complexity index is 802. The predicted molar refractivity (Wildman–Crippen MR) is 188 cm³/mol. The van der Waals surface area contributed by atoms with Gasteiger partial charge in [-0.05, 0) is 68.7 Å². The van der Waals surface area contributed by atoms with Crippen molar-refractivity contribution in [2.45, 2.75) is 174 Å². The monoisotopic (exact) mass is 633 g/mol. The molecule has 2 aliphatic rings. The highest BCUT2D eigenvalue weighted by molar-refractivity contribution is 5.84. The Morgan fingerprint density at radius 3 is 1.82 bits per heavy atom. The summed E-state index contributed by atoms with van der Waals surface area (Å²) in [5.74, 6) is 1.83. The first-order chi connectivity index (χ1) is 21.9. The largest absolute Gasteiger partial charge is 0.356 e. The molecule has 7 heteroatoms. The first kappa shape index (κ1) is 39.5. The first-order valence-corrected chi connectivity index (χ1v) is 19.4. The number of unbranched alkanes of at least 4 members (excludes halogenated alkanes) is 12.